The molecular weight excluding hydrogens is 352 g/mol. The zero-order valence-corrected chi connectivity index (χ0v) is 18.1. The highest BCUT2D eigenvalue weighted by atomic mass is 16.3. The molecule has 4 N–H and O–H groups in total. The molecule has 0 bridgehead atoms. The van der Waals surface area contributed by atoms with Crippen LogP contribution < -0.4 is 0 Å². The van der Waals surface area contributed by atoms with Gasteiger partial charge in [0, 0.05) is 25.7 Å². The Balaban J connectivity index is 0. The van der Waals surface area contributed by atoms with Crippen molar-refractivity contribution in [2.24, 2.45) is 11.8 Å². The van der Waals surface area contributed by atoms with Gasteiger partial charge in [0.25, 0.3) is 0 Å². The van der Waals surface area contributed by atoms with Gasteiger partial charge in [-0.05, 0) is 38.0 Å². The average molecular weight is 399 g/mol. The number of unbranched alkanes of at least 4 members (excludes halogenated alkanes) is 6. The molecule has 0 spiro atoms. The zero-order valence-electron chi connectivity index (χ0n) is 18.1. The topological polar surface area (TPSA) is 80.9 Å². The van der Waals surface area contributed by atoms with E-state index in [-0.39, 0.29) is 19.1 Å². The van der Waals surface area contributed by atoms with Crippen molar-refractivity contribution in [1.82, 2.24) is 0 Å². The van der Waals surface area contributed by atoms with Crippen molar-refractivity contribution in [3.05, 3.63) is 37.0 Å². The predicted molar refractivity (Wildman–Crippen MR) is 120 cm³/mol. The molecule has 2 unspecified atom stereocenters. The van der Waals surface area contributed by atoms with Crippen LogP contribution in [0.5, 0.6) is 0 Å². The zero-order chi connectivity index (χ0) is 21.3. The minimum Gasteiger partial charge on any atom is -0.396 e. The van der Waals surface area contributed by atoms with E-state index < -0.39 is 0 Å². The smallest absolute Gasteiger partial charge is 0.0612 e. The first kappa shape index (κ1) is 29.3. The molecule has 0 aromatic carbocycles. The fraction of sp³-hybridized carbons (Fsp3) is 0.750. The molecule has 0 saturated carbocycles. The number of hydrogen-bond acceptors (Lipinski definition) is 4. The van der Waals surface area contributed by atoms with Gasteiger partial charge in [0.15, 0.2) is 0 Å². The van der Waals surface area contributed by atoms with E-state index in [0.29, 0.717) is 19.1 Å². The normalized spacial score (nSPS) is 13.5. The van der Waals surface area contributed by atoms with Crippen molar-refractivity contribution in [2.45, 2.75) is 77.6 Å². The van der Waals surface area contributed by atoms with Gasteiger partial charge in [0.05, 0.1) is 6.61 Å². The minimum absolute atomic E-state index is 0.118. The monoisotopic (exact) mass is 398 g/mol. The molecular formula is C24H46O4. The third kappa shape index (κ3) is 23.1. The van der Waals surface area contributed by atoms with E-state index in [0.717, 1.165) is 38.5 Å². The van der Waals surface area contributed by atoms with Gasteiger partial charge in [-0.1, -0.05) is 75.8 Å². The minimum atomic E-state index is 0.118. The van der Waals surface area contributed by atoms with Gasteiger partial charge in [0.1, 0.15) is 0 Å². The van der Waals surface area contributed by atoms with Crippen LogP contribution in [0.2, 0.25) is 0 Å². The lowest BCUT2D eigenvalue weighted by Crippen LogP contribution is -2.03. The maximum absolute atomic E-state index is 8.97. The summed E-state index contributed by atoms with van der Waals surface area (Å²) in [5.41, 5.74) is 0. The summed E-state index contributed by atoms with van der Waals surface area (Å²) in [7, 11) is 0. The Morgan fingerprint density at radius 3 is 1.86 bits per heavy atom. The van der Waals surface area contributed by atoms with E-state index in [1.54, 1.807) is 12.2 Å². The Hall–Kier alpha value is -0.940. The van der Waals surface area contributed by atoms with Crippen molar-refractivity contribution < 1.29 is 20.4 Å². The van der Waals surface area contributed by atoms with Crippen LogP contribution in [0, 0.1) is 11.8 Å². The van der Waals surface area contributed by atoms with E-state index in [2.05, 4.69) is 25.7 Å². The van der Waals surface area contributed by atoms with Crippen molar-refractivity contribution in [3.8, 4) is 0 Å². The Kier molecular flexibility index (Phi) is 27.2. The quantitative estimate of drug-likeness (QED) is 0.198. The lowest BCUT2D eigenvalue weighted by Gasteiger charge is -2.10. The van der Waals surface area contributed by atoms with Crippen LogP contribution in [0.1, 0.15) is 77.6 Å². The molecule has 0 amide bonds. The lowest BCUT2D eigenvalue weighted by atomic mass is 9.99. The third-order valence-corrected chi connectivity index (χ3v) is 4.80. The van der Waals surface area contributed by atoms with E-state index in [4.69, 9.17) is 20.4 Å². The maximum atomic E-state index is 8.97. The molecule has 0 radical (unpaired) electrons. The van der Waals surface area contributed by atoms with Gasteiger partial charge in [-0.3, -0.25) is 0 Å². The molecule has 4 nitrogen and oxygen atoms in total. The van der Waals surface area contributed by atoms with Crippen LogP contribution in [-0.4, -0.2) is 46.9 Å². The van der Waals surface area contributed by atoms with Gasteiger partial charge >= 0.3 is 0 Å². The van der Waals surface area contributed by atoms with Crippen LogP contribution in [-0.2, 0) is 0 Å². The first-order valence-corrected chi connectivity index (χ1v) is 11.1. The Morgan fingerprint density at radius 1 is 0.750 bits per heavy atom. The first-order valence-electron chi connectivity index (χ1n) is 11.1. The molecule has 0 aromatic rings. The van der Waals surface area contributed by atoms with Gasteiger partial charge < -0.3 is 20.4 Å². The van der Waals surface area contributed by atoms with Crippen molar-refractivity contribution in [2.75, 3.05) is 26.4 Å². The molecule has 0 saturated heterocycles. The molecule has 2 atom stereocenters. The number of hydrogen-bond donors (Lipinski definition) is 4. The summed E-state index contributed by atoms with van der Waals surface area (Å²) in [4.78, 5) is 0. The highest BCUT2D eigenvalue weighted by Gasteiger charge is 2.03. The summed E-state index contributed by atoms with van der Waals surface area (Å²) in [6, 6.07) is 0. The molecule has 0 aromatic heterocycles. The van der Waals surface area contributed by atoms with E-state index in [1.165, 1.54) is 32.1 Å². The van der Waals surface area contributed by atoms with E-state index in [1.807, 2.05) is 6.08 Å². The van der Waals surface area contributed by atoms with E-state index >= 15 is 0 Å². The van der Waals surface area contributed by atoms with Crippen LogP contribution in [0.3, 0.4) is 0 Å². The molecule has 0 fully saturated rings. The summed E-state index contributed by atoms with van der Waals surface area (Å²) in [5.74, 6) is 0.701. The second-order valence-corrected chi connectivity index (χ2v) is 7.21. The fourth-order valence-electron chi connectivity index (χ4n) is 2.70. The van der Waals surface area contributed by atoms with E-state index in [9.17, 15) is 0 Å². The average Bonchev–Trinajstić information content (AvgIpc) is 2.73. The molecule has 4 heteroatoms. The second-order valence-electron chi connectivity index (χ2n) is 7.21. The highest BCUT2D eigenvalue weighted by molar-refractivity contribution is 4.91. The summed E-state index contributed by atoms with van der Waals surface area (Å²) < 4.78 is 0. The van der Waals surface area contributed by atoms with Crippen molar-refractivity contribution >= 4 is 0 Å². The molecule has 0 aliphatic carbocycles. The summed E-state index contributed by atoms with van der Waals surface area (Å²) >= 11 is 0. The van der Waals surface area contributed by atoms with Gasteiger partial charge in [-0.2, -0.15) is 0 Å². The SMILES string of the molecule is C=CC(CO)C/C=C/CC/C=C\CO.CCC(CO)CCCCCCCCO. The van der Waals surface area contributed by atoms with Crippen LogP contribution in [0.4, 0.5) is 0 Å². The molecule has 166 valence electrons. The summed E-state index contributed by atoms with van der Waals surface area (Å²) in [6.45, 7) is 6.75. The second kappa shape index (κ2) is 26.1. The number of aliphatic hydroxyl groups is 4. The maximum Gasteiger partial charge on any atom is 0.0612 e. The first-order chi connectivity index (χ1) is 13.7. The Bertz CT molecular complexity index is 349. The number of aliphatic hydroxyl groups excluding tert-OH is 4. The molecule has 0 aliphatic heterocycles. The molecule has 0 aliphatic rings. The molecule has 0 heterocycles. The number of allylic oxidation sites excluding steroid dienone is 3. The van der Waals surface area contributed by atoms with Crippen molar-refractivity contribution in [1.29, 1.82) is 0 Å². The Labute approximate surface area is 173 Å². The summed E-state index contributed by atoms with van der Waals surface area (Å²) in [6.07, 6.45) is 21.9. The summed E-state index contributed by atoms with van der Waals surface area (Å²) in [5, 5.41) is 34.9. The van der Waals surface area contributed by atoms with Gasteiger partial charge in [-0.25, -0.2) is 0 Å². The van der Waals surface area contributed by atoms with Crippen LogP contribution >= 0.6 is 0 Å². The van der Waals surface area contributed by atoms with Gasteiger partial charge in [0.2, 0.25) is 0 Å². The molecule has 0 rings (SSSR count). The van der Waals surface area contributed by atoms with Crippen LogP contribution in [0.15, 0.2) is 37.0 Å². The predicted octanol–water partition coefficient (Wildman–Crippen LogP) is 4.78. The highest BCUT2D eigenvalue weighted by Crippen LogP contribution is 2.14. The standard InChI is InChI=1S/C12H26O2.C12H20O2/c2*1-2-12(11-14)9-7-5-3-4-6-8-10-13/h12-14H,2-11H2,1H3;2,5-8,12-14H,1,3-4,9-11H2/b;7-5+,8-6-. The van der Waals surface area contributed by atoms with Crippen molar-refractivity contribution in [3.63, 3.8) is 0 Å². The van der Waals surface area contributed by atoms with Gasteiger partial charge in [-0.15, -0.1) is 6.58 Å². The lowest BCUT2D eigenvalue weighted by molar-refractivity contribution is 0.211. The Morgan fingerprint density at radius 2 is 1.36 bits per heavy atom. The van der Waals surface area contributed by atoms with Crippen LogP contribution in [0.25, 0.3) is 0 Å². The third-order valence-electron chi connectivity index (χ3n) is 4.80. The fourth-order valence-corrected chi connectivity index (χ4v) is 2.70. The number of rotatable bonds is 18. The molecule has 28 heavy (non-hydrogen) atoms. The largest absolute Gasteiger partial charge is 0.396 e.